The van der Waals surface area contributed by atoms with Gasteiger partial charge in [0.05, 0.1) is 28.6 Å². The van der Waals surface area contributed by atoms with Crippen LogP contribution in [0.15, 0.2) is 53.9 Å². The van der Waals surface area contributed by atoms with E-state index in [1.807, 2.05) is 23.6 Å². The Morgan fingerprint density at radius 3 is 2.80 bits per heavy atom. The first kappa shape index (κ1) is 23.9. The van der Waals surface area contributed by atoms with E-state index in [0.717, 1.165) is 16.3 Å². The number of nitrogens with zero attached hydrogens (tertiary/aromatic N) is 5. The minimum atomic E-state index is -3.73. The number of aromatic nitrogens is 1. The van der Waals surface area contributed by atoms with Gasteiger partial charge < -0.3 is 0 Å². The number of halogens is 1. The zero-order valence-electron chi connectivity index (χ0n) is 19.6. The Morgan fingerprint density at radius 1 is 1.26 bits per heavy atom. The van der Waals surface area contributed by atoms with Gasteiger partial charge in [0.25, 0.3) is 0 Å². The number of anilines is 1. The number of benzene rings is 2. The van der Waals surface area contributed by atoms with Crippen LogP contribution in [0, 0.1) is 17.1 Å². The third-order valence-corrected chi connectivity index (χ3v) is 9.85. The highest BCUT2D eigenvalue weighted by atomic mass is 32.2. The van der Waals surface area contributed by atoms with Gasteiger partial charge in [-0.15, -0.1) is 11.3 Å². The lowest BCUT2D eigenvalue weighted by atomic mass is 9.83. The molecular formula is C25H26FN5O2S2. The quantitative estimate of drug-likeness (QED) is 0.523. The fourth-order valence-electron chi connectivity index (χ4n) is 5.31. The van der Waals surface area contributed by atoms with Crippen LogP contribution in [0.4, 0.5) is 10.1 Å². The summed E-state index contributed by atoms with van der Waals surface area (Å²) >= 11 is 1.55. The molecule has 2 aromatic carbocycles. The molecule has 5 rings (SSSR count). The summed E-state index contributed by atoms with van der Waals surface area (Å²) in [4.78, 5) is 7.12. The van der Waals surface area contributed by atoms with Crippen LogP contribution in [0.25, 0.3) is 10.6 Å². The van der Waals surface area contributed by atoms with E-state index >= 15 is 0 Å². The Hall–Kier alpha value is -2.84. The molecule has 0 bridgehead atoms. The number of hydrogen-bond acceptors (Lipinski definition) is 6. The molecule has 0 N–H and O–H groups in total. The SMILES string of the molecule is C[C@H]1C[C@]2(CCN1Cc1csc(-c3cccc(C#N)c3)n1)CN(C)S(=O)(=O)N2c1cccc(F)c1. The molecule has 1 aromatic heterocycles. The van der Waals surface area contributed by atoms with E-state index in [1.54, 1.807) is 36.6 Å². The van der Waals surface area contributed by atoms with Crippen molar-refractivity contribution in [2.24, 2.45) is 0 Å². The highest BCUT2D eigenvalue weighted by molar-refractivity contribution is 7.90. The van der Waals surface area contributed by atoms with Gasteiger partial charge in [-0.1, -0.05) is 18.2 Å². The molecule has 0 amide bonds. The van der Waals surface area contributed by atoms with Crippen LogP contribution in [0.2, 0.25) is 0 Å². The third kappa shape index (κ3) is 4.34. The van der Waals surface area contributed by atoms with Gasteiger partial charge >= 0.3 is 10.2 Å². The molecule has 1 spiro atoms. The topological polar surface area (TPSA) is 80.5 Å². The van der Waals surface area contributed by atoms with Crippen LogP contribution in [0.5, 0.6) is 0 Å². The van der Waals surface area contributed by atoms with Gasteiger partial charge in [-0.05, 0) is 50.1 Å². The van der Waals surface area contributed by atoms with Crippen LogP contribution in [0.3, 0.4) is 0 Å². The van der Waals surface area contributed by atoms with E-state index in [4.69, 9.17) is 10.2 Å². The summed E-state index contributed by atoms with van der Waals surface area (Å²) in [5.74, 6) is -0.451. The number of likely N-dealkylation sites (tertiary alicyclic amines) is 1. The predicted octanol–water partition coefficient (Wildman–Crippen LogP) is 4.24. The lowest BCUT2D eigenvalue weighted by molar-refractivity contribution is 0.0994. The maximum atomic E-state index is 14.0. The average molecular weight is 512 g/mol. The summed E-state index contributed by atoms with van der Waals surface area (Å²) in [6.07, 6.45) is 1.27. The Morgan fingerprint density at radius 2 is 2.06 bits per heavy atom. The highest BCUT2D eigenvalue weighted by Crippen LogP contribution is 2.44. The van der Waals surface area contributed by atoms with Gasteiger partial charge in [0.15, 0.2) is 0 Å². The van der Waals surface area contributed by atoms with Crippen LogP contribution < -0.4 is 4.31 Å². The Labute approximate surface area is 209 Å². The summed E-state index contributed by atoms with van der Waals surface area (Å²) in [6, 6.07) is 15.5. The van der Waals surface area contributed by atoms with Gasteiger partial charge in [0.2, 0.25) is 0 Å². The second-order valence-electron chi connectivity index (χ2n) is 9.34. The van der Waals surface area contributed by atoms with Gasteiger partial charge in [-0.25, -0.2) is 9.37 Å². The first-order valence-electron chi connectivity index (χ1n) is 11.4. The van der Waals surface area contributed by atoms with E-state index in [1.165, 1.54) is 20.7 Å². The molecule has 3 heterocycles. The lowest BCUT2D eigenvalue weighted by Crippen LogP contribution is -2.57. The normalized spacial score (nSPS) is 24.6. The van der Waals surface area contributed by atoms with Crippen LogP contribution in [-0.2, 0) is 16.8 Å². The number of nitriles is 1. The fourth-order valence-corrected chi connectivity index (χ4v) is 7.90. The van der Waals surface area contributed by atoms with Crippen molar-refractivity contribution in [3.05, 3.63) is 71.0 Å². The van der Waals surface area contributed by atoms with Crippen molar-refractivity contribution in [1.29, 1.82) is 5.26 Å². The lowest BCUT2D eigenvalue weighted by Gasteiger charge is -2.46. The maximum absolute atomic E-state index is 14.0. The number of piperidine rings is 1. The zero-order chi connectivity index (χ0) is 24.8. The van der Waals surface area contributed by atoms with Crippen LogP contribution in [-0.4, -0.2) is 54.3 Å². The summed E-state index contributed by atoms with van der Waals surface area (Å²) < 4.78 is 43.3. The fraction of sp³-hybridized carbons (Fsp3) is 0.360. The van der Waals surface area contributed by atoms with Crippen molar-refractivity contribution >= 4 is 27.2 Å². The Bertz CT molecular complexity index is 1400. The summed E-state index contributed by atoms with van der Waals surface area (Å²) in [7, 11) is -2.14. The monoisotopic (exact) mass is 511 g/mol. The molecule has 7 nitrogen and oxygen atoms in total. The number of likely N-dealkylation sites (N-methyl/N-ethyl adjacent to an activating group) is 1. The van der Waals surface area contributed by atoms with E-state index in [0.29, 0.717) is 43.7 Å². The first-order chi connectivity index (χ1) is 16.7. The second-order valence-corrected chi connectivity index (χ2v) is 12.1. The zero-order valence-corrected chi connectivity index (χ0v) is 21.2. The Balaban J connectivity index is 1.35. The van der Waals surface area contributed by atoms with Gasteiger partial charge in [0.1, 0.15) is 10.8 Å². The molecule has 0 unspecified atom stereocenters. The minimum absolute atomic E-state index is 0.105. The molecule has 2 aliphatic rings. The first-order valence-corrected chi connectivity index (χ1v) is 13.7. The molecule has 0 saturated carbocycles. The standard InChI is InChI=1S/C25H26FN5O2S2/c1-18-13-25(17-29(2)35(32,33)31(25)23-8-4-7-21(26)12-23)9-10-30(18)15-22-16-34-24(28-22)20-6-3-5-19(11-20)14-27/h3-8,11-12,16,18H,9-10,13,15,17H2,1-2H3/t18-,25+/m0/s1. The molecule has 3 aromatic rings. The molecule has 35 heavy (non-hydrogen) atoms. The molecule has 2 fully saturated rings. The van der Waals surface area contributed by atoms with E-state index < -0.39 is 21.6 Å². The van der Waals surface area contributed by atoms with Crippen LogP contribution >= 0.6 is 11.3 Å². The smallest absolute Gasteiger partial charge is 0.295 e. The molecule has 0 aliphatic carbocycles. The molecule has 0 radical (unpaired) electrons. The highest BCUT2D eigenvalue weighted by Gasteiger charge is 2.55. The molecule has 2 aliphatic heterocycles. The summed E-state index contributed by atoms with van der Waals surface area (Å²) in [6.45, 7) is 3.85. The largest absolute Gasteiger partial charge is 0.304 e. The molecule has 2 atom stereocenters. The second kappa shape index (κ2) is 8.99. The third-order valence-electron chi connectivity index (χ3n) is 6.93. The maximum Gasteiger partial charge on any atom is 0.304 e. The number of thiazole rings is 1. The number of rotatable bonds is 4. The minimum Gasteiger partial charge on any atom is -0.295 e. The van der Waals surface area contributed by atoms with Gasteiger partial charge in [0, 0.05) is 43.7 Å². The Kier molecular flexibility index (Phi) is 6.13. The van der Waals surface area contributed by atoms with Crippen LogP contribution in [0.1, 0.15) is 31.0 Å². The van der Waals surface area contributed by atoms with E-state index in [-0.39, 0.29) is 6.04 Å². The van der Waals surface area contributed by atoms with E-state index in [2.05, 4.69) is 17.9 Å². The van der Waals surface area contributed by atoms with Crippen molar-refractivity contribution in [3.63, 3.8) is 0 Å². The number of hydrogen-bond donors (Lipinski definition) is 0. The molecule has 182 valence electrons. The average Bonchev–Trinajstić information content (AvgIpc) is 3.36. The van der Waals surface area contributed by atoms with Crippen molar-refractivity contribution < 1.29 is 12.8 Å². The molecule has 2 saturated heterocycles. The van der Waals surface area contributed by atoms with Crippen molar-refractivity contribution in [3.8, 4) is 16.6 Å². The summed E-state index contributed by atoms with van der Waals surface area (Å²) in [5, 5.41) is 12.1. The predicted molar refractivity (Wildman–Crippen MR) is 135 cm³/mol. The van der Waals surface area contributed by atoms with Gasteiger partial charge in [-0.2, -0.15) is 18.0 Å². The molecule has 10 heteroatoms. The van der Waals surface area contributed by atoms with Crippen molar-refractivity contribution in [2.75, 3.05) is 24.4 Å². The summed E-state index contributed by atoms with van der Waals surface area (Å²) in [5.41, 5.74) is 2.24. The van der Waals surface area contributed by atoms with Crippen molar-refractivity contribution in [1.82, 2.24) is 14.2 Å². The van der Waals surface area contributed by atoms with Gasteiger partial charge in [-0.3, -0.25) is 9.21 Å². The molecular weight excluding hydrogens is 485 g/mol. The van der Waals surface area contributed by atoms with E-state index in [9.17, 15) is 12.8 Å². The van der Waals surface area contributed by atoms with Crippen molar-refractivity contribution in [2.45, 2.75) is 37.9 Å².